The number of fused-ring (bicyclic) bond motifs is 1. The number of aryl methyl sites for hydroxylation is 2. The van der Waals surface area contributed by atoms with Crippen LogP contribution in [0.15, 0.2) is 30.7 Å². The lowest BCUT2D eigenvalue weighted by Gasteiger charge is -2.07. The largest absolute Gasteiger partial charge is 0.434 e. The number of hydrogen-bond donors (Lipinski definition) is 0. The number of benzene rings is 1. The quantitative estimate of drug-likeness (QED) is 0.548. The molecule has 0 radical (unpaired) electrons. The van der Waals surface area contributed by atoms with Crippen LogP contribution in [0.5, 0.6) is 11.6 Å². The summed E-state index contributed by atoms with van der Waals surface area (Å²) in [6.45, 7) is 3.80. The molecule has 0 saturated carbocycles. The molecule has 112 valence electrons. The molecule has 0 saturated heterocycles. The summed E-state index contributed by atoms with van der Waals surface area (Å²) in [5.41, 5.74) is 2.19. The Morgan fingerprint density at radius 3 is 2.82 bits per heavy atom. The Balaban J connectivity index is 2.05. The maximum Gasteiger partial charge on any atom is 0.272 e. The van der Waals surface area contributed by atoms with Crippen molar-refractivity contribution >= 4 is 11.2 Å². The molecule has 0 unspecified atom stereocenters. The number of rotatable bonds is 3. The van der Waals surface area contributed by atoms with E-state index in [1.165, 1.54) is 18.5 Å². The lowest BCUT2D eigenvalue weighted by molar-refractivity contribution is -0.385. The van der Waals surface area contributed by atoms with Gasteiger partial charge < -0.3 is 4.74 Å². The fourth-order valence-corrected chi connectivity index (χ4v) is 2.11. The SMILES string of the molecule is Cc1cn2ncnc(Oc3ccc([N+](=O)[O-])cc3F)c2c1C. The molecule has 3 aromatic rings. The first-order valence-electron chi connectivity index (χ1n) is 6.38. The van der Waals surface area contributed by atoms with Crippen molar-refractivity contribution in [2.75, 3.05) is 0 Å². The van der Waals surface area contributed by atoms with E-state index < -0.39 is 10.7 Å². The Morgan fingerprint density at radius 1 is 1.36 bits per heavy atom. The van der Waals surface area contributed by atoms with Crippen molar-refractivity contribution in [2.24, 2.45) is 0 Å². The monoisotopic (exact) mass is 302 g/mol. The van der Waals surface area contributed by atoms with Crippen LogP contribution in [-0.2, 0) is 0 Å². The predicted octanol–water partition coefficient (Wildman–Crippen LogP) is 3.19. The van der Waals surface area contributed by atoms with Crippen LogP contribution in [0.4, 0.5) is 10.1 Å². The molecule has 1 aromatic carbocycles. The highest BCUT2D eigenvalue weighted by Gasteiger charge is 2.16. The third-order valence-corrected chi connectivity index (χ3v) is 3.38. The average Bonchev–Trinajstić information content (AvgIpc) is 2.77. The van der Waals surface area contributed by atoms with E-state index in [2.05, 4.69) is 10.1 Å². The molecule has 0 aliphatic rings. The van der Waals surface area contributed by atoms with E-state index in [-0.39, 0.29) is 17.3 Å². The fourth-order valence-electron chi connectivity index (χ4n) is 2.11. The van der Waals surface area contributed by atoms with E-state index >= 15 is 0 Å². The van der Waals surface area contributed by atoms with Gasteiger partial charge in [-0.3, -0.25) is 10.1 Å². The van der Waals surface area contributed by atoms with E-state index in [1.807, 2.05) is 20.0 Å². The standard InChI is InChI=1S/C14H11FN4O3/c1-8-6-18-13(9(8)2)14(16-7-17-18)22-12-4-3-10(19(20)21)5-11(12)15/h3-7H,1-2H3. The molecule has 0 bridgehead atoms. The van der Waals surface area contributed by atoms with E-state index in [4.69, 9.17) is 4.74 Å². The van der Waals surface area contributed by atoms with Crippen molar-refractivity contribution in [1.82, 2.24) is 14.6 Å². The Bertz CT molecular complexity index is 891. The summed E-state index contributed by atoms with van der Waals surface area (Å²) in [6, 6.07) is 3.19. The molecule has 0 N–H and O–H groups in total. The van der Waals surface area contributed by atoms with Gasteiger partial charge in [-0.2, -0.15) is 10.1 Å². The van der Waals surface area contributed by atoms with Crippen LogP contribution < -0.4 is 4.74 Å². The maximum absolute atomic E-state index is 13.9. The van der Waals surface area contributed by atoms with Gasteiger partial charge in [-0.05, 0) is 31.0 Å². The van der Waals surface area contributed by atoms with Crippen molar-refractivity contribution in [3.63, 3.8) is 0 Å². The van der Waals surface area contributed by atoms with Crippen molar-refractivity contribution < 1.29 is 14.1 Å². The highest BCUT2D eigenvalue weighted by molar-refractivity contribution is 5.65. The molecule has 2 aromatic heterocycles. The van der Waals surface area contributed by atoms with Crippen LogP contribution in [0.1, 0.15) is 11.1 Å². The van der Waals surface area contributed by atoms with Crippen LogP contribution in [0.25, 0.3) is 5.52 Å². The van der Waals surface area contributed by atoms with Gasteiger partial charge >= 0.3 is 0 Å². The molecule has 7 nitrogen and oxygen atoms in total. The van der Waals surface area contributed by atoms with Gasteiger partial charge in [0, 0.05) is 12.3 Å². The van der Waals surface area contributed by atoms with Crippen LogP contribution in [0.3, 0.4) is 0 Å². The molecule has 8 heteroatoms. The smallest absolute Gasteiger partial charge is 0.272 e. The molecular weight excluding hydrogens is 291 g/mol. The van der Waals surface area contributed by atoms with E-state index in [0.717, 1.165) is 17.2 Å². The molecule has 3 rings (SSSR count). The number of hydrogen-bond acceptors (Lipinski definition) is 5. The first kappa shape index (κ1) is 13.9. The minimum atomic E-state index is -0.827. The van der Waals surface area contributed by atoms with E-state index in [1.54, 1.807) is 4.52 Å². The fraction of sp³-hybridized carbons (Fsp3) is 0.143. The summed E-state index contributed by atoms with van der Waals surface area (Å²) in [5.74, 6) is -0.773. The Morgan fingerprint density at radius 2 is 2.14 bits per heavy atom. The lowest BCUT2D eigenvalue weighted by atomic mass is 10.2. The molecule has 0 aliphatic heterocycles. The lowest BCUT2D eigenvalue weighted by Crippen LogP contribution is -1.98. The highest BCUT2D eigenvalue weighted by Crippen LogP contribution is 2.30. The third kappa shape index (κ3) is 2.24. The Kier molecular flexibility index (Phi) is 3.21. The summed E-state index contributed by atoms with van der Waals surface area (Å²) in [5, 5.41) is 14.7. The van der Waals surface area contributed by atoms with Gasteiger partial charge in [0.25, 0.3) is 5.69 Å². The molecule has 22 heavy (non-hydrogen) atoms. The van der Waals surface area contributed by atoms with Gasteiger partial charge in [-0.1, -0.05) is 0 Å². The minimum Gasteiger partial charge on any atom is -0.434 e. The summed E-state index contributed by atoms with van der Waals surface area (Å²) >= 11 is 0. The first-order chi connectivity index (χ1) is 10.5. The van der Waals surface area contributed by atoms with Gasteiger partial charge in [-0.15, -0.1) is 0 Å². The van der Waals surface area contributed by atoms with Crippen molar-refractivity contribution in [1.29, 1.82) is 0 Å². The predicted molar refractivity (Wildman–Crippen MR) is 75.6 cm³/mol. The summed E-state index contributed by atoms with van der Waals surface area (Å²) in [6.07, 6.45) is 3.11. The van der Waals surface area contributed by atoms with Crippen LogP contribution in [0, 0.1) is 29.8 Å². The van der Waals surface area contributed by atoms with Crippen LogP contribution >= 0.6 is 0 Å². The number of nitro groups is 1. The number of aromatic nitrogens is 3. The Labute approximate surface area is 124 Å². The normalized spacial score (nSPS) is 10.9. The Hall–Kier alpha value is -3.03. The zero-order chi connectivity index (χ0) is 15.9. The van der Waals surface area contributed by atoms with E-state index in [9.17, 15) is 14.5 Å². The van der Waals surface area contributed by atoms with E-state index in [0.29, 0.717) is 5.52 Å². The number of halogens is 1. The van der Waals surface area contributed by atoms with Gasteiger partial charge in [0.05, 0.1) is 11.0 Å². The second-order valence-corrected chi connectivity index (χ2v) is 4.77. The molecule has 0 aliphatic carbocycles. The number of nitrogens with zero attached hydrogens (tertiary/aromatic N) is 4. The zero-order valence-electron chi connectivity index (χ0n) is 11.8. The number of nitro benzene ring substituents is 1. The molecule has 0 atom stereocenters. The first-order valence-corrected chi connectivity index (χ1v) is 6.38. The average molecular weight is 302 g/mol. The zero-order valence-corrected chi connectivity index (χ0v) is 11.8. The second kappa shape index (κ2) is 5.06. The topological polar surface area (TPSA) is 82.6 Å². The van der Waals surface area contributed by atoms with Gasteiger partial charge in [-0.25, -0.2) is 8.91 Å². The molecule has 0 spiro atoms. The summed E-state index contributed by atoms with van der Waals surface area (Å²) in [4.78, 5) is 14.0. The van der Waals surface area contributed by atoms with Crippen LogP contribution in [-0.4, -0.2) is 19.5 Å². The van der Waals surface area contributed by atoms with Crippen molar-refractivity contribution in [2.45, 2.75) is 13.8 Å². The molecule has 2 heterocycles. The van der Waals surface area contributed by atoms with Crippen molar-refractivity contribution in [3.8, 4) is 11.6 Å². The highest BCUT2D eigenvalue weighted by atomic mass is 19.1. The van der Waals surface area contributed by atoms with Crippen LogP contribution in [0.2, 0.25) is 0 Å². The number of non-ortho nitro benzene ring substituents is 1. The van der Waals surface area contributed by atoms with Gasteiger partial charge in [0.15, 0.2) is 11.6 Å². The summed E-state index contributed by atoms with van der Waals surface area (Å²) < 4.78 is 21.0. The second-order valence-electron chi connectivity index (χ2n) is 4.77. The molecular formula is C14H11FN4O3. The minimum absolute atomic E-state index is 0.135. The molecule has 0 amide bonds. The maximum atomic E-state index is 13.9. The summed E-state index contributed by atoms with van der Waals surface area (Å²) in [7, 11) is 0. The van der Waals surface area contributed by atoms with Gasteiger partial charge in [0.1, 0.15) is 11.8 Å². The number of ether oxygens (including phenoxy) is 1. The third-order valence-electron chi connectivity index (χ3n) is 3.38. The van der Waals surface area contributed by atoms with Crippen molar-refractivity contribution in [3.05, 3.63) is 57.8 Å². The molecule has 0 fully saturated rings. The van der Waals surface area contributed by atoms with Gasteiger partial charge in [0.2, 0.25) is 5.88 Å².